The van der Waals surface area contributed by atoms with Crippen molar-refractivity contribution in [3.8, 4) is 0 Å². The highest BCUT2D eigenvalue weighted by molar-refractivity contribution is 6.00. The van der Waals surface area contributed by atoms with Gasteiger partial charge in [0.15, 0.2) is 0 Å². The first-order valence-corrected chi connectivity index (χ1v) is 5.29. The van der Waals surface area contributed by atoms with E-state index in [0.717, 1.165) is 18.5 Å². The Morgan fingerprint density at radius 1 is 1.50 bits per heavy atom. The van der Waals surface area contributed by atoms with Crippen molar-refractivity contribution in [2.45, 2.75) is 19.9 Å². The molecule has 0 aliphatic carbocycles. The van der Waals surface area contributed by atoms with Gasteiger partial charge in [0, 0.05) is 18.7 Å². The number of hydrogen-bond acceptors (Lipinski definition) is 2. The molecule has 1 aliphatic rings. The fourth-order valence-corrected chi connectivity index (χ4v) is 1.94. The van der Waals surface area contributed by atoms with Crippen LogP contribution < -0.4 is 0 Å². The predicted molar refractivity (Wildman–Crippen MR) is 58.4 cm³/mol. The summed E-state index contributed by atoms with van der Waals surface area (Å²) in [6.45, 7) is 3.33. The molecule has 0 saturated carbocycles. The molecule has 84 valence electrons. The fourth-order valence-electron chi connectivity index (χ4n) is 1.94. The van der Waals surface area contributed by atoms with Gasteiger partial charge in [-0.25, -0.2) is 4.79 Å². The largest absolute Gasteiger partial charge is 0.478 e. The van der Waals surface area contributed by atoms with Crippen molar-refractivity contribution in [1.82, 2.24) is 4.90 Å². The molecule has 1 N–H and O–H groups in total. The maximum atomic E-state index is 11.9. The Balaban J connectivity index is 2.34. The average molecular weight is 219 g/mol. The standard InChI is InChI=1S/C12H13NO3/c1-2-5-13-7-9-4-3-8(12(15)16)6-10(9)11(13)14/h3-4,6H,2,5,7H2,1H3,(H,15,16). The van der Waals surface area contributed by atoms with Gasteiger partial charge < -0.3 is 10.0 Å². The molecule has 1 aromatic rings. The van der Waals surface area contributed by atoms with Gasteiger partial charge in [-0.1, -0.05) is 13.0 Å². The molecule has 0 unspecified atom stereocenters. The first-order chi connectivity index (χ1) is 7.63. The van der Waals surface area contributed by atoms with Crippen LogP contribution in [0.2, 0.25) is 0 Å². The van der Waals surface area contributed by atoms with Crippen LogP contribution in [0.4, 0.5) is 0 Å². The zero-order valence-corrected chi connectivity index (χ0v) is 9.06. The van der Waals surface area contributed by atoms with Crippen molar-refractivity contribution in [3.05, 3.63) is 34.9 Å². The monoisotopic (exact) mass is 219 g/mol. The Labute approximate surface area is 93.5 Å². The Hall–Kier alpha value is -1.84. The summed E-state index contributed by atoms with van der Waals surface area (Å²) in [5.41, 5.74) is 1.63. The number of carboxylic acid groups (broad SMARTS) is 1. The zero-order chi connectivity index (χ0) is 11.7. The molecule has 0 radical (unpaired) electrons. The van der Waals surface area contributed by atoms with E-state index in [2.05, 4.69) is 0 Å². The van der Waals surface area contributed by atoms with E-state index < -0.39 is 5.97 Å². The van der Waals surface area contributed by atoms with Gasteiger partial charge in [0.05, 0.1) is 5.56 Å². The molecular weight excluding hydrogens is 206 g/mol. The number of carboxylic acids is 1. The number of benzene rings is 1. The van der Waals surface area contributed by atoms with Crippen LogP contribution in [0.1, 0.15) is 39.6 Å². The second-order valence-electron chi connectivity index (χ2n) is 3.90. The van der Waals surface area contributed by atoms with Gasteiger partial charge in [-0.15, -0.1) is 0 Å². The highest BCUT2D eigenvalue weighted by Crippen LogP contribution is 2.23. The lowest BCUT2D eigenvalue weighted by Gasteiger charge is -2.13. The summed E-state index contributed by atoms with van der Waals surface area (Å²) < 4.78 is 0. The Bertz CT molecular complexity index is 454. The summed E-state index contributed by atoms with van der Waals surface area (Å²) in [4.78, 5) is 24.4. The SMILES string of the molecule is CCCN1Cc2ccc(C(=O)O)cc2C1=O. The van der Waals surface area contributed by atoms with Crippen molar-refractivity contribution >= 4 is 11.9 Å². The fraction of sp³-hybridized carbons (Fsp3) is 0.333. The summed E-state index contributed by atoms with van der Waals surface area (Å²) in [5.74, 6) is -1.05. The minimum atomic E-state index is -0.996. The normalized spacial score (nSPS) is 14.1. The van der Waals surface area contributed by atoms with Crippen LogP contribution in [0.5, 0.6) is 0 Å². The molecule has 4 nitrogen and oxygen atoms in total. The topological polar surface area (TPSA) is 57.6 Å². The molecule has 2 rings (SSSR count). The highest BCUT2D eigenvalue weighted by Gasteiger charge is 2.27. The van der Waals surface area contributed by atoms with Gasteiger partial charge in [-0.2, -0.15) is 0 Å². The van der Waals surface area contributed by atoms with Gasteiger partial charge in [0.1, 0.15) is 0 Å². The van der Waals surface area contributed by atoms with E-state index in [1.54, 1.807) is 17.0 Å². The van der Waals surface area contributed by atoms with Gasteiger partial charge in [0.25, 0.3) is 5.91 Å². The summed E-state index contributed by atoms with van der Waals surface area (Å²) >= 11 is 0. The number of amides is 1. The number of rotatable bonds is 3. The van der Waals surface area contributed by atoms with Crippen LogP contribution in [0, 0.1) is 0 Å². The lowest BCUT2D eigenvalue weighted by molar-refractivity contribution is 0.0697. The van der Waals surface area contributed by atoms with Crippen LogP contribution in [0.15, 0.2) is 18.2 Å². The minimum Gasteiger partial charge on any atom is -0.478 e. The highest BCUT2D eigenvalue weighted by atomic mass is 16.4. The predicted octanol–water partition coefficient (Wildman–Crippen LogP) is 1.75. The van der Waals surface area contributed by atoms with Crippen LogP contribution in [0.25, 0.3) is 0 Å². The van der Waals surface area contributed by atoms with Crippen LogP contribution in [0.3, 0.4) is 0 Å². The average Bonchev–Trinajstić information content (AvgIpc) is 2.56. The third-order valence-corrected chi connectivity index (χ3v) is 2.73. The molecule has 4 heteroatoms. The van der Waals surface area contributed by atoms with Crippen LogP contribution in [-0.4, -0.2) is 28.4 Å². The number of carbonyl (C=O) groups is 2. The molecule has 1 heterocycles. The maximum Gasteiger partial charge on any atom is 0.335 e. The summed E-state index contributed by atoms with van der Waals surface area (Å²) in [7, 11) is 0. The summed E-state index contributed by atoms with van der Waals surface area (Å²) in [6.07, 6.45) is 0.908. The molecule has 0 fully saturated rings. The second-order valence-corrected chi connectivity index (χ2v) is 3.90. The summed E-state index contributed by atoms with van der Waals surface area (Å²) in [6, 6.07) is 4.74. The molecular formula is C12H13NO3. The number of hydrogen-bond donors (Lipinski definition) is 1. The van der Waals surface area contributed by atoms with Gasteiger partial charge in [-0.05, 0) is 24.1 Å². The van der Waals surface area contributed by atoms with Crippen molar-refractivity contribution in [1.29, 1.82) is 0 Å². The molecule has 0 bridgehead atoms. The van der Waals surface area contributed by atoms with E-state index in [4.69, 9.17) is 5.11 Å². The number of fused-ring (bicyclic) bond motifs is 1. The summed E-state index contributed by atoms with van der Waals surface area (Å²) in [5, 5.41) is 8.85. The number of carbonyl (C=O) groups excluding carboxylic acids is 1. The quantitative estimate of drug-likeness (QED) is 0.842. The maximum absolute atomic E-state index is 11.9. The third kappa shape index (κ3) is 1.66. The Kier molecular flexibility index (Phi) is 2.64. The molecule has 0 spiro atoms. The van der Waals surface area contributed by atoms with E-state index in [9.17, 15) is 9.59 Å². The molecule has 0 aromatic heterocycles. The number of aromatic carboxylic acids is 1. The van der Waals surface area contributed by atoms with E-state index in [0.29, 0.717) is 12.1 Å². The third-order valence-electron chi connectivity index (χ3n) is 2.73. The smallest absolute Gasteiger partial charge is 0.335 e. The van der Waals surface area contributed by atoms with E-state index in [-0.39, 0.29) is 11.5 Å². The molecule has 1 aliphatic heterocycles. The van der Waals surface area contributed by atoms with Crippen molar-refractivity contribution in [2.75, 3.05) is 6.54 Å². The molecule has 1 aromatic carbocycles. The first kappa shape index (κ1) is 10.7. The van der Waals surface area contributed by atoms with E-state index in [1.165, 1.54) is 6.07 Å². The molecule has 0 saturated heterocycles. The first-order valence-electron chi connectivity index (χ1n) is 5.29. The van der Waals surface area contributed by atoms with E-state index >= 15 is 0 Å². The van der Waals surface area contributed by atoms with Gasteiger partial charge >= 0.3 is 5.97 Å². The van der Waals surface area contributed by atoms with Gasteiger partial charge in [0.2, 0.25) is 0 Å². The Morgan fingerprint density at radius 3 is 2.88 bits per heavy atom. The molecule has 0 atom stereocenters. The minimum absolute atomic E-state index is 0.0556. The lowest BCUT2D eigenvalue weighted by atomic mass is 10.1. The van der Waals surface area contributed by atoms with Gasteiger partial charge in [-0.3, -0.25) is 4.79 Å². The molecule has 16 heavy (non-hydrogen) atoms. The zero-order valence-electron chi connectivity index (χ0n) is 9.06. The van der Waals surface area contributed by atoms with Crippen molar-refractivity contribution < 1.29 is 14.7 Å². The second kappa shape index (κ2) is 3.96. The lowest BCUT2D eigenvalue weighted by Crippen LogP contribution is -2.24. The molecule has 1 amide bonds. The van der Waals surface area contributed by atoms with Crippen LogP contribution in [-0.2, 0) is 6.54 Å². The van der Waals surface area contributed by atoms with Crippen molar-refractivity contribution in [2.24, 2.45) is 0 Å². The van der Waals surface area contributed by atoms with E-state index in [1.807, 2.05) is 6.92 Å². The van der Waals surface area contributed by atoms with Crippen LogP contribution >= 0.6 is 0 Å². The van der Waals surface area contributed by atoms with Crippen molar-refractivity contribution in [3.63, 3.8) is 0 Å². The number of nitrogens with zero attached hydrogens (tertiary/aromatic N) is 1. The Morgan fingerprint density at radius 2 is 2.25 bits per heavy atom.